The topological polar surface area (TPSA) is 58.9 Å². The number of nitrogens with zero attached hydrogens (tertiary/aromatic N) is 2. The van der Waals surface area contributed by atoms with Crippen LogP contribution in [0.2, 0.25) is 0 Å². The van der Waals surface area contributed by atoms with Gasteiger partial charge in [-0.05, 0) is 0 Å². The van der Waals surface area contributed by atoms with Gasteiger partial charge in [0.15, 0.2) is 0 Å². The van der Waals surface area contributed by atoms with Gasteiger partial charge in [-0.15, -0.1) is 0 Å². The van der Waals surface area contributed by atoms with Gasteiger partial charge in [-0.2, -0.15) is 0 Å². The number of hydrogen-bond donors (Lipinski definition) is 0. The second kappa shape index (κ2) is 6.34. The molecule has 0 aliphatic rings. The Morgan fingerprint density at radius 2 is 1.05 bits per heavy atom. The van der Waals surface area contributed by atoms with E-state index in [1.165, 1.54) is 0 Å². The molecule has 0 bridgehead atoms. The van der Waals surface area contributed by atoms with Crippen LogP contribution >= 0.6 is 0 Å². The van der Waals surface area contributed by atoms with Crippen molar-refractivity contribution in [1.29, 1.82) is 0 Å². The van der Waals surface area contributed by atoms with Gasteiger partial charge in [0.1, 0.15) is 0 Å². The van der Waals surface area contributed by atoms with E-state index in [2.05, 4.69) is 5.60 Å². The molecule has 2 rings (SSSR count). The molecule has 4 nitrogen and oxygen atoms in total. The van der Waals surface area contributed by atoms with Crippen molar-refractivity contribution < 1.29 is 9.59 Å². The van der Waals surface area contributed by atoms with Crippen LogP contribution in [-0.2, 0) is 9.59 Å². The molecule has 5 heteroatoms. The average Bonchev–Trinajstić information content (AvgIpc) is 2.49. The molecule has 0 aliphatic carbocycles. The normalized spacial score (nSPS) is 10.1. The second-order valence-corrected chi connectivity index (χ2v) is 15.3. The Hall–Kier alpha value is -1.88. The quantitative estimate of drug-likeness (QED) is 0.399. The van der Waals surface area contributed by atoms with E-state index in [4.69, 9.17) is 0 Å². The molecule has 0 spiro atoms. The molecule has 0 fully saturated rings. The van der Waals surface area contributed by atoms with Gasteiger partial charge >= 0.3 is 116 Å². The molecule has 19 heavy (non-hydrogen) atoms. The van der Waals surface area contributed by atoms with Crippen LogP contribution in [0.1, 0.15) is 0 Å². The fourth-order valence-corrected chi connectivity index (χ4v) is 11.6. The third-order valence-electron chi connectivity index (χ3n) is 2.77. The third-order valence-corrected chi connectivity index (χ3v) is 14.8. The van der Waals surface area contributed by atoms with Crippen LogP contribution in [0.5, 0.6) is 0 Å². The van der Waals surface area contributed by atoms with E-state index in [1.807, 2.05) is 60.7 Å². The first-order valence-corrected chi connectivity index (χ1v) is 13.0. The van der Waals surface area contributed by atoms with Crippen molar-refractivity contribution in [1.82, 2.24) is 0 Å². The molecule has 0 saturated heterocycles. The summed E-state index contributed by atoms with van der Waals surface area (Å²) in [6.07, 6.45) is 3.18. The van der Waals surface area contributed by atoms with Crippen molar-refractivity contribution in [3.63, 3.8) is 0 Å². The summed E-state index contributed by atoms with van der Waals surface area (Å²) in [6.45, 7) is 0. The maximum absolute atomic E-state index is 10.8. The summed E-state index contributed by atoms with van der Waals surface area (Å²) < 4.78 is 9.60. The van der Waals surface area contributed by atoms with E-state index in [-0.39, 0.29) is 0 Å². The molecule has 0 N–H and O–H groups in total. The fourth-order valence-electron chi connectivity index (χ4n) is 1.92. The maximum atomic E-state index is 10.8. The zero-order valence-corrected chi connectivity index (χ0v) is 13.9. The summed E-state index contributed by atoms with van der Waals surface area (Å²) in [5, 5.41) is 0. The predicted octanol–water partition coefficient (Wildman–Crippen LogP) is 0.915. The molecule has 92 valence electrons. The number of isocyanates is 2. The molecule has 2 aromatic rings. The second-order valence-electron chi connectivity index (χ2n) is 3.81. The molecule has 2 aromatic carbocycles. The standard InChI is InChI=1S/2C6H5.2CNO.Pb/c2*1-2-4-6-5-3-1;2*2-1-3;/h2*1-5H;;;/q;;2*-1;+2. The molecule has 0 amide bonds. The number of carbonyl (C=O) groups excluding carboxylic acids is 2. The van der Waals surface area contributed by atoms with E-state index in [0.29, 0.717) is 0 Å². The van der Waals surface area contributed by atoms with Gasteiger partial charge in [-0.25, -0.2) is 0 Å². The van der Waals surface area contributed by atoms with Gasteiger partial charge in [-0.1, -0.05) is 0 Å². The summed E-state index contributed by atoms with van der Waals surface area (Å²) in [6, 6.07) is 18.5. The summed E-state index contributed by atoms with van der Waals surface area (Å²) in [4.78, 5) is 21.6. The SMILES string of the molecule is O=C=[N][Pb]([N]=C=O)([c]1ccccc1)[c]1ccccc1. The molecular weight excluding hydrogens is 435 g/mol. The number of rotatable bonds is 4. The van der Waals surface area contributed by atoms with Gasteiger partial charge < -0.3 is 0 Å². The summed E-state index contributed by atoms with van der Waals surface area (Å²) >= 11 is -4.19. The van der Waals surface area contributed by atoms with Crippen LogP contribution in [0, 0.1) is 0 Å². The van der Waals surface area contributed by atoms with Crippen molar-refractivity contribution in [2.24, 2.45) is 5.60 Å². The van der Waals surface area contributed by atoms with Crippen LogP contribution in [0.25, 0.3) is 0 Å². The molecule has 0 heterocycles. The van der Waals surface area contributed by atoms with Gasteiger partial charge in [0.25, 0.3) is 0 Å². The molecule has 0 unspecified atom stereocenters. The van der Waals surface area contributed by atoms with Gasteiger partial charge in [0, 0.05) is 0 Å². The van der Waals surface area contributed by atoms with Crippen LogP contribution in [0.15, 0.2) is 66.3 Å². The van der Waals surface area contributed by atoms with Crippen molar-refractivity contribution in [3.8, 4) is 0 Å². The van der Waals surface area contributed by atoms with Crippen LogP contribution in [0.4, 0.5) is 0 Å². The molecule has 0 radical (unpaired) electrons. The zero-order chi connectivity index (χ0) is 13.6. The predicted molar refractivity (Wildman–Crippen MR) is 74.1 cm³/mol. The minimum atomic E-state index is -4.19. The molecule has 0 atom stereocenters. The Bertz CT molecular complexity index is 586. The summed E-state index contributed by atoms with van der Waals surface area (Å²) in [5.41, 5.74) is 0. The minimum absolute atomic E-state index is 0.827. The van der Waals surface area contributed by atoms with E-state index < -0.39 is 21.8 Å². The number of benzene rings is 2. The Kier molecular flexibility index (Phi) is 4.52. The first kappa shape index (κ1) is 13.6. The summed E-state index contributed by atoms with van der Waals surface area (Å²) in [5.74, 6) is 0. The van der Waals surface area contributed by atoms with Crippen molar-refractivity contribution in [2.45, 2.75) is 0 Å². The van der Waals surface area contributed by atoms with Crippen molar-refractivity contribution in [3.05, 3.63) is 60.7 Å². The van der Waals surface area contributed by atoms with Gasteiger partial charge in [0.2, 0.25) is 0 Å². The molecular formula is C14H10N2O2Pb. The zero-order valence-electron chi connectivity index (χ0n) is 9.98. The van der Waals surface area contributed by atoms with Crippen LogP contribution in [-0.4, -0.2) is 33.9 Å². The third kappa shape index (κ3) is 2.76. The molecule has 0 saturated carbocycles. The first-order chi connectivity index (χ1) is 9.33. The Morgan fingerprint density at radius 3 is 1.37 bits per heavy atom. The Labute approximate surface area is 116 Å². The fraction of sp³-hybridized carbons (Fsp3) is 0. The Morgan fingerprint density at radius 1 is 0.684 bits per heavy atom. The van der Waals surface area contributed by atoms with E-state index in [1.54, 1.807) is 12.2 Å². The number of hydrogen-bond acceptors (Lipinski definition) is 4. The van der Waals surface area contributed by atoms with Crippen LogP contribution < -0.4 is 6.25 Å². The van der Waals surface area contributed by atoms with Gasteiger partial charge in [0.05, 0.1) is 0 Å². The van der Waals surface area contributed by atoms with E-state index in [0.717, 1.165) is 6.25 Å². The van der Waals surface area contributed by atoms with Crippen molar-refractivity contribution in [2.75, 3.05) is 0 Å². The summed E-state index contributed by atoms with van der Waals surface area (Å²) in [7, 11) is 0. The van der Waals surface area contributed by atoms with Crippen LogP contribution in [0.3, 0.4) is 0 Å². The van der Waals surface area contributed by atoms with Crippen molar-refractivity contribution >= 4 is 40.2 Å². The first-order valence-electron chi connectivity index (χ1n) is 5.62. The monoisotopic (exact) mass is 446 g/mol. The molecule has 0 aromatic heterocycles. The molecule has 0 aliphatic heterocycles. The van der Waals surface area contributed by atoms with E-state index in [9.17, 15) is 9.59 Å². The van der Waals surface area contributed by atoms with Gasteiger partial charge in [-0.3, -0.25) is 0 Å². The average molecular weight is 445 g/mol. The van der Waals surface area contributed by atoms with E-state index >= 15 is 0 Å². The Balaban J connectivity index is 2.75.